The minimum atomic E-state index is -4.15. The number of hydrogen-bond donors (Lipinski definition) is 1. The predicted octanol–water partition coefficient (Wildman–Crippen LogP) is 6.26. The van der Waals surface area contributed by atoms with E-state index in [4.69, 9.17) is 10.5 Å². The first-order chi connectivity index (χ1) is 20.1. The van der Waals surface area contributed by atoms with E-state index in [-0.39, 0.29) is 27.7 Å². The number of fused-ring (bicyclic) bond motifs is 1. The third-order valence-electron chi connectivity index (χ3n) is 6.72. The summed E-state index contributed by atoms with van der Waals surface area (Å²) in [6.07, 6.45) is 1.28. The van der Waals surface area contributed by atoms with Gasteiger partial charge in [0.25, 0.3) is 10.0 Å². The lowest BCUT2D eigenvalue weighted by Gasteiger charge is -2.12. The highest BCUT2D eigenvalue weighted by Crippen LogP contribution is 2.30. The van der Waals surface area contributed by atoms with E-state index < -0.39 is 27.4 Å². The number of ketones is 1. The molecule has 0 bridgehead atoms. The molecule has 4 aromatic carbocycles. The van der Waals surface area contributed by atoms with Crippen molar-refractivity contribution in [1.82, 2.24) is 13.8 Å². The molecule has 6 rings (SSSR count). The molecule has 0 aliphatic rings. The first-order valence-electron chi connectivity index (χ1n) is 12.7. The number of carbonyl (C=O) groups is 1. The first kappa shape index (κ1) is 26.9. The Kier molecular flexibility index (Phi) is 6.58. The van der Waals surface area contributed by atoms with Gasteiger partial charge in [-0.25, -0.2) is 25.9 Å². The van der Waals surface area contributed by atoms with Crippen LogP contribution in [0, 0.1) is 18.6 Å². The van der Waals surface area contributed by atoms with Crippen LogP contribution in [0.25, 0.3) is 16.6 Å². The lowest BCUT2D eigenvalue weighted by atomic mass is 10.1. The lowest BCUT2D eigenvalue weighted by molar-refractivity contribution is 0.103. The van der Waals surface area contributed by atoms with Gasteiger partial charge in [-0.2, -0.15) is 5.10 Å². The number of nitrogens with two attached hydrogens (primary N) is 1. The number of nitrogens with zero attached hydrogens (tertiary/aromatic N) is 3. The molecular weight excluding hydrogens is 562 g/mol. The van der Waals surface area contributed by atoms with Crippen LogP contribution in [-0.2, 0) is 10.0 Å². The van der Waals surface area contributed by atoms with Crippen molar-refractivity contribution in [3.05, 3.63) is 132 Å². The highest BCUT2D eigenvalue weighted by atomic mass is 32.2. The van der Waals surface area contributed by atoms with Crippen LogP contribution in [0.4, 0.5) is 14.6 Å². The van der Waals surface area contributed by atoms with E-state index in [0.717, 1.165) is 21.7 Å². The van der Waals surface area contributed by atoms with Crippen LogP contribution in [0.15, 0.2) is 108 Å². The molecule has 0 radical (unpaired) electrons. The molecule has 210 valence electrons. The van der Waals surface area contributed by atoms with Crippen molar-refractivity contribution in [3.63, 3.8) is 0 Å². The number of rotatable bonds is 7. The Morgan fingerprint density at radius 2 is 1.55 bits per heavy atom. The van der Waals surface area contributed by atoms with Gasteiger partial charge in [0.15, 0.2) is 11.6 Å². The van der Waals surface area contributed by atoms with Crippen LogP contribution in [-0.4, -0.2) is 28.0 Å². The molecular formula is C31H22F2N4O4S. The molecule has 8 nitrogen and oxygen atoms in total. The Balaban J connectivity index is 1.35. The summed E-state index contributed by atoms with van der Waals surface area (Å²) in [4.78, 5) is 13.9. The summed E-state index contributed by atoms with van der Waals surface area (Å²) >= 11 is 0. The number of ether oxygens (including phenoxy) is 1. The summed E-state index contributed by atoms with van der Waals surface area (Å²) in [6, 6.07) is 24.3. The van der Waals surface area contributed by atoms with Gasteiger partial charge in [-0.05, 0) is 67.6 Å². The summed E-state index contributed by atoms with van der Waals surface area (Å²) in [6.45, 7) is 1.85. The number of aryl methyl sites for hydroxylation is 1. The molecule has 2 N–H and O–H groups in total. The Hall–Kier alpha value is -5.29. The lowest BCUT2D eigenvalue weighted by Crippen LogP contribution is -2.19. The van der Waals surface area contributed by atoms with E-state index in [2.05, 4.69) is 5.10 Å². The minimum Gasteiger partial charge on any atom is -0.457 e. The molecule has 42 heavy (non-hydrogen) atoms. The van der Waals surface area contributed by atoms with E-state index >= 15 is 0 Å². The quantitative estimate of drug-likeness (QED) is 0.222. The summed E-state index contributed by atoms with van der Waals surface area (Å²) in [5.74, 6) is -2.17. The van der Waals surface area contributed by atoms with Gasteiger partial charge in [0.05, 0.1) is 27.9 Å². The maximum absolute atomic E-state index is 13.8. The van der Waals surface area contributed by atoms with Gasteiger partial charge < -0.3 is 10.5 Å². The number of carbonyl (C=O) groups excluding carboxylic acids is 1. The third kappa shape index (κ3) is 4.69. The largest absolute Gasteiger partial charge is 0.457 e. The normalized spacial score (nSPS) is 11.6. The molecule has 0 amide bonds. The Morgan fingerprint density at radius 1 is 0.857 bits per heavy atom. The standard InChI is InChI=1S/C31H22F2N4O4S/c1-19-6-13-24(14-7-19)42(39,40)37-28-5-3-2-4-20(28)16-29(37)30(38)25-18-35-36(31(25)34)21-8-10-22(11-9-21)41-23-12-15-26(32)27(33)17-23/h2-18H,34H2,1H3. The van der Waals surface area contributed by atoms with Crippen LogP contribution in [0.2, 0.25) is 0 Å². The molecule has 0 unspecified atom stereocenters. The third-order valence-corrected chi connectivity index (χ3v) is 8.46. The van der Waals surface area contributed by atoms with Crippen molar-refractivity contribution in [2.75, 3.05) is 5.73 Å². The molecule has 11 heteroatoms. The van der Waals surface area contributed by atoms with Gasteiger partial charge in [-0.1, -0.05) is 35.9 Å². The average Bonchev–Trinajstić information content (AvgIpc) is 3.57. The van der Waals surface area contributed by atoms with Gasteiger partial charge >= 0.3 is 0 Å². The van der Waals surface area contributed by atoms with Crippen molar-refractivity contribution in [3.8, 4) is 17.2 Å². The number of aromatic nitrogens is 3. The van der Waals surface area contributed by atoms with Crippen molar-refractivity contribution in [1.29, 1.82) is 0 Å². The number of anilines is 1. The topological polar surface area (TPSA) is 109 Å². The molecule has 2 aromatic heterocycles. The van der Waals surface area contributed by atoms with Gasteiger partial charge in [-0.15, -0.1) is 0 Å². The van der Waals surface area contributed by atoms with Gasteiger partial charge in [0.2, 0.25) is 5.78 Å². The first-order valence-corrected chi connectivity index (χ1v) is 14.1. The maximum Gasteiger partial charge on any atom is 0.268 e. The smallest absolute Gasteiger partial charge is 0.268 e. The fourth-order valence-corrected chi connectivity index (χ4v) is 6.08. The second kappa shape index (κ2) is 10.3. The molecule has 0 saturated carbocycles. The minimum absolute atomic E-state index is 0.00110. The van der Waals surface area contributed by atoms with E-state index in [1.54, 1.807) is 60.7 Å². The predicted molar refractivity (Wildman–Crippen MR) is 154 cm³/mol. The van der Waals surface area contributed by atoms with E-state index in [1.807, 2.05) is 6.92 Å². The number of halogens is 2. The summed E-state index contributed by atoms with van der Waals surface area (Å²) in [5, 5.41) is 4.83. The van der Waals surface area contributed by atoms with E-state index in [9.17, 15) is 22.0 Å². The van der Waals surface area contributed by atoms with Crippen LogP contribution in [0.5, 0.6) is 11.5 Å². The number of benzene rings is 4. The zero-order chi connectivity index (χ0) is 29.6. The van der Waals surface area contributed by atoms with E-state index in [1.165, 1.54) is 35.1 Å². The monoisotopic (exact) mass is 584 g/mol. The summed E-state index contributed by atoms with van der Waals surface area (Å²) in [7, 11) is -4.15. The zero-order valence-corrected chi connectivity index (χ0v) is 22.8. The Morgan fingerprint density at radius 3 is 2.26 bits per heavy atom. The fraction of sp³-hybridized carbons (Fsp3) is 0.0323. The SMILES string of the molecule is Cc1ccc(S(=O)(=O)n2c(C(=O)c3cnn(-c4ccc(Oc5ccc(F)c(F)c5)cc4)c3N)cc3ccccc32)cc1. The average molecular weight is 585 g/mol. The molecule has 6 aromatic rings. The molecule has 0 saturated heterocycles. The molecule has 0 atom stereocenters. The second-order valence-corrected chi connectivity index (χ2v) is 11.3. The van der Waals surface area contributed by atoms with Gasteiger partial charge in [-0.3, -0.25) is 4.79 Å². The zero-order valence-electron chi connectivity index (χ0n) is 22.0. The van der Waals surface area contributed by atoms with Crippen LogP contribution >= 0.6 is 0 Å². The van der Waals surface area contributed by atoms with E-state index in [0.29, 0.717) is 22.3 Å². The van der Waals surface area contributed by atoms with Crippen molar-refractivity contribution in [2.24, 2.45) is 0 Å². The Labute approximate surface area is 239 Å². The van der Waals surface area contributed by atoms with Gasteiger partial charge in [0.1, 0.15) is 23.0 Å². The molecule has 0 fully saturated rings. The second-order valence-electron chi connectivity index (χ2n) is 9.53. The van der Waals surface area contributed by atoms with Crippen LogP contribution in [0.1, 0.15) is 21.6 Å². The number of hydrogen-bond acceptors (Lipinski definition) is 6. The number of para-hydroxylation sites is 1. The molecule has 0 aliphatic carbocycles. The van der Waals surface area contributed by atoms with Crippen LogP contribution < -0.4 is 10.5 Å². The van der Waals surface area contributed by atoms with Crippen LogP contribution in [0.3, 0.4) is 0 Å². The van der Waals surface area contributed by atoms with Crippen molar-refractivity contribution < 1.29 is 26.7 Å². The van der Waals surface area contributed by atoms with Gasteiger partial charge in [0, 0.05) is 11.5 Å². The molecule has 2 heterocycles. The number of nitrogen functional groups attached to an aromatic ring is 1. The highest BCUT2D eigenvalue weighted by molar-refractivity contribution is 7.90. The van der Waals surface area contributed by atoms with Crippen molar-refractivity contribution in [2.45, 2.75) is 11.8 Å². The fourth-order valence-electron chi connectivity index (χ4n) is 4.57. The Bertz CT molecular complexity index is 2080. The molecule has 0 spiro atoms. The summed E-state index contributed by atoms with van der Waals surface area (Å²) in [5.41, 5.74) is 8.02. The summed E-state index contributed by atoms with van der Waals surface area (Å²) < 4.78 is 62.2. The molecule has 0 aliphatic heterocycles. The van der Waals surface area contributed by atoms with Crippen molar-refractivity contribution >= 4 is 32.5 Å². The maximum atomic E-state index is 13.8. The highest BCUT2D eigenvalue weighted by Gasteiger charge is 2.29.